The molecular weight excluding hydrogens is 306 g/mol. The smallest absolute Gasteiger partial charge is 0.318 e. The summed E-state index contributed by atoms with van der Waals surface area (Å²) in [6, 6.07) is 1.45. The monoisotopic (exact) mass is 313 g/mol. The third kappa shape index (κ3) is 3.26. The highest BCUT2D eigenvalue weighted by atomic mass is 79.9. The average molecular weight is 314 g/mol. The molecule has 0 fully saturated rings. The Kier molecular flexibility index (Phi) is 3.87. The van der Waals surface area contributed by atoms with E-state index in [9.17, 15) is 13.2 Å². The Morgan fingerprint density at radius 1 is 1.67 bits per heavy atom. The number of hydrogen-bond acceptors (Lipinski definition) is 4. The van der Waals surface area contributed by atoms with Gasteiger partial charge in [0, 0.05) is 4.88 Å². The summed E-state index contributed by atoms with van der Waals surface area (Å²) >= 11 is 4.45. The number of rotatable bonds is 4. The lowest BCUT2D eigenvalue weighted by molar-refractivity contribution is -0.135. The lowest BCUT2D eigenvalue weighted by Gasteiger charge is -2.02. The molecule has 15 heavy (non-hydrogen) atoms. The number of hydrogen-bond donors (Lipinski definition) is 2. The van der Waals surface area contributed by atoms with E-state index in [1.165, 1.54) is 17.4 Å². The molecule has 0 saturated carbocycles. The normalized spacial score (nSPS) is 11.6. The van der Waals surface area contributed by atoms with Crippen LogP contribution < -0.4 is 4.72 Å². The third-order valence-corrected chi connectivity index (χ3v) is 4.76. The predicted octanol–water partition coefficient (Wildman–Crippen LogP) is 1.18. The molecule has 0 aliphatic rings. The van der Waals surface area contributed by atoms with E-state index in [-0.39, 0.29) is 4.90 Å². The number of carboxylic acid groups (broad SMARTS) is 1. The van der Waals surface area contributed by atoms with E-state index < -0.39 is 22.5 Å². The Balaban J connectivity index is 2.96. The number of aryl methyl sites for hydroxylation is 1. The first kappa shape index (κ1) is 12.6. The molecule has 0 aliphatic heterocycles. The maximum atomic E-state index is 11.6. The topological polar surface area (TPSA) is 83.5 Å². The van der Waals surface area contributed by atoms with Gasteiger partial charge in [-0.3, -0.25) is 4.79 Å². The first-order valence-electron chi connectivity index (χ1n) is 3.80. The predicted molar refractivity (Wildman–Crippen MR) is 59.6 cm³/mol. The molecule has 1 aromatic heterocycles. The Hall–Kier alpha value is -0.440. The van der Waals surface area contributed by atoms with Crippen LogP contribution in [-0.2, 0) is 14.8 Å². The molecule has 1 rings (SSSR count). The highest BCUT2D eigenvalue weighted by Crippen LogP contribution is 2.29. The van der Waals surface area contributed by atoms with Gasteiger partial charge in [-0.2, -0.15) is 4.72 Å². The second kappa shape index (κ2) is 4.60. The van der Waals surface area contributed by atoms with Crippen LogP contribution in [0.4, 0.5) is 0 Å². The van der Waals surface area contributed by atoms with Gasteiger partial charge >= 0.3 is 5.97 Å². The molecule has 5 nitrogen and oxygen atoms in total. The molecule has 1 aromatic rings. The van der Waals surface area contributed by atoms with Crippen molar-refractivity contribution in [3.8, 4) is 0 Å². The number of thiophene rings is 1. The number of halogens is 1. The van der Waals surface area contributed by atoms with E-state index in [0.717, 1.165) is 0 Å². The molecule has 0 bridgehead atoms. The lowest BCUT2D eigenvalue weighted by Crippen LogP contribution is -2.29. The van der Waals surface area contributed by atoms with Gasteiger partial charge in [0.1, 0.15) is 6.54 Å². The summed E-state index contributed by atoms with van der Waals surface area (Å²) in [5.41, 5.74) is 0. The highest BCUT2D eigenvalue weighted by molar-refractivity contribution is 9.11. The van der Waals surface area contributed by atoms with E-state index in [0.29, 0.717) is 8.66 Å². The zero-order valence-corrected chi connectivity index (χ0v) is 10.9. The second-order valence-electron chi connectivity index (χ2n) is 2.69. The molecule has 2 N–H and O–H groups in total. The van der Waals surface area contributed by atoms with Crippen LogP contribution >= 0.6 is 27.3 Å². The quantitative estimate of drug-likeness (QED) is 0.874. The zero-order chi connectivity index (χ0) is 11.6. The van der Waals surface area contributed by atoms with E-state index in [1.807, 2.05) is 4.72 Å². The second-order valence-corrected chi connectivity index (χ2v) is 7.06. The van der Waals surface area contributed by atoms with Crippen LogP contribution in [0.3, 0.4) is 0 Å². The Morgan fingerprint density at radius 3 is 2.67 bits per heavy atom. The summed E-state index contributed by atoms with van der Waals surface area (Å²) in [5, 5.41) is 8.36. The molecular formula is C7H8BrNO4S2. The number of carbonyl (C=O) groups is 1. The fourth-order valence-corrected chi connectivity index (χ4v) is 4.32. The van der Waals surface area contributed by atoms with Gasteiger partial charge in [-0.1, -0.05) is 0 Å². The van der Waals surface area contributed by atoms with E-state index >= 15 is 0 Å². The first-order valence-corrected chi connectivity index (χ1v) is 6.89. The minimum absolute atomic E-state index is 0.112. The van der Waals surface area contributed by atoms with Crippen molar-refractivity contribution in [2.45, 2.75) is 11.8 Å². The van der Waals surface area contributed by atoms with Crippen molar-refractivity contribution in [3.63, 3.8) is 0 Å². The van der Waals surface area contributed by atoms with E-state index in [4.69, 9.17) is 5.11 Å². The van der Waals surface area contributed by atoms with Crippen molar-refractivity contribution >= 4 is 43.3 Å². The largest absolute Gasteiger partial charge is 0.480 e. The Morgan fingerprint density at radius 2 is 2.27 bits per heavy atom. The molecule has 0 spiro atoms. The molecule has 0 atom stereocenters. The average Bonchev–Trinajstić information content (AvgIpc) is 2.43. The van der Waals surface area contributed by atoms with Crippen LogP contribution in [0.2, 0.25) is 0 Å². The van der Waals surface area contributed by atoms with Crippen LogP contribution in [0.15, 0.2) is 14.7 Å². The van der Waals surface area contributed by atoms with Crippen molar-refractivity contribution in [3.05, 3.63) is 14.7 Å². The SMILES string of the molecule is Cc1sc(Br)cc1S(=O)(=O)NCC(=O)O. The summed E-state index contributed by atoms with van der Waals surface area (Å²) in [6.45, 7) is 1.04. The fourth-order valence-electron chi connectivity index (χ4n) is 0.932. The summed E-state index contributed by atoms with van der Waals surface area (Å²) < 4.78 is 25.8. The molecule has 0 saturated heterocycles. The van der Waals surface area contributed by atoms with Gasteiger partial charge in [0.05, 0.1) is 8.68 Å². The molecule has 8 heteroatoms. The maximum Gasteiger partial charge on any atom is 0.318 e. The molecule has 0 radical (unpaired) electrons. The van der Waals surface area contributed by atoms with Crippen LogP contribution in [0, 0.1) is 6.92 Å². The van der Waals surface area contributed by atoms with Crippen molar-refractivity contribution in [2.24, 2.45) is 0 Å². The van der Waals surface area contributed by atoms with E-state index in [2.05, 4.69) is 15.9 Å². The van der Waals surface area contributed by atoms with Crippen LogP contribution in [0.1, 0.15) is 4.88 Å². The minimum Gasteiger partial charge on any atom is -0.480 e. The zero-order valence-electron chi connectivity index (χ0n) is 7.65. The summed E-state index contributed by atoms with van der Waals surface area (Å²) in [7, 11) is -3.72. The Bertz CT molecular complexity index is 479. The van der Waals surface area contributed by atoms with E-state index in [1.54, 1.807) is 6.92 Å². The minimum atomic E-state index is -3.72. The number of sulfonamides is 1. The van der Waals surface area contributed by atoms with Crippen molar-refractivity contribution < 1.29 is 18.3 Å². The first-order chi connectivity index (χ1) is 6.83. The van der Waals surface area contributed by atoms with Crippen molar-refractivity contribution in [1.29, 1.82) is 0 Å². The molecule has 84 valence electrons. The van der Waals surface area contributed by atoms with Gasteiger partial charge in [0.25, 0.3) is 0 Å². The van der Waals surface area contributed by atoms with Gasteiger partial charge in [-0.05, 0) is 28.9 Å². The van der Waals surface area contributed by atoms with Gasteiger partial charge < -0.3 is 5.11 Å². The fraction of sp³-hybridized carbons (Fsp3) is 0.286. The summed E-state index contributed by atoms with van der Waals surface area (Å²) in [6.07, 6.45) is 0. The molecule has 1 heterocycles. The van der Waals surface area contributed by atoms with Gasteiger partial charge in [-0.25, -0.2) is 8.42 Å². The highest BCUT2D eigenvalue weighted by Gasteiger charge is 2.19. The molecule has 0 amide bonds. The Labute approximate surface area is 99.3 Å². The number of aliphatic carboxylic acids is 1. The van der Waals surface area contributed by atoms with Crippen LogP contribution in [0.5, 0.6) is 0 Å². The van der Waals surface area contributed by atoms with Gasteiger partial charge in [-0.15, -0.1) is 11.3 Å². The summed E-state index contributed by atoms with van der Waals surface area (Å²) in [5.74, 6) is -1.22. The van der Waals surface area contributed by atoms with Crippen LogP contribution in [-0.4, -0.2) is 26.0 Å². The van der Waals surface area contributed by atoms with Crippen molar-refractivity contribution in [1.82, 2.24) is 4.72 Å². The number of carboxylic acids is 1. The van der Waals surface area contributed by atoms with Gasteiger partial charge in [0.2, 0.25) is 10.0 Å². The van der Waals surface area contributed by atoms with Crippen LogP contribution in [0.25, 0.3) is 0 Å². The van der Waals surface area contributed by atoms with Crippen molar-refractivity contribution in [2.75, 3.05) is 6.54 Å². The van der Waals surface area contributed by atoms with Gasteiger partial charge in [0.15, 0.2) is 0 Å². The maximum absolute atomic E-state index is 11.6. The third-order valence-electron chi connectivity index (χ3n) is 1.55. The molecule has 0 unspecified atom stereocenters. The molecule has 0 aromatic carbocycles. The number of nitrogens with one attached hydrogen (secondary N) is 1. The summed E-state index contributed by atoms with van der Waals surface area (Å²) in [4.78, 5) is 11.0. The lowest BCUT2D eigenvalue weighted by atomic mass is 10.5. The standard InChI is InChI=1S/C7H8BrNO4S2/c1-4-5(2-6(8)14-4)15(12,13)9-3-7(10)11/h2,9H,3H2,1H3,(H,10,11). The molecule has 0 aliphatic carbocycles.